The highest BCUT2D eigenvalue weighted by Gasteiger charge is 2.04. The van der Waals surface area contributed by atoms with Crippen molar-refractivity contribution in [2.75, 3.05) is 11.9 Å². The standard InChI is InChI=1S/C8H11N3O3/c1-5(12)2-10-7-4-9-6(3-11-7)8(13)14/h3-5,12H,2H2,1H3,(H,10,11)(H,13,14). The van der Waals surface area contributed by atoms with Gasteiger partial charge in [-0.3, -0.25) is 0 Å². The molecule has 0 aromatic carbocycles. The predicted molar refractivity (Wildman–Crippen MR) is 49.2 cm³/mol. The average Bonchev–Trinajstić information content (AvgIpc) is 2.15. The van der Waals surface area contributed by atoms with E-state index in [9.17, 15) is 4.79 Å². The van der Waals surface area contributed by atoms with Gasteiger partial charge in [0.1, 0.15) is 5.82 Å². The highest BCUT2D eigenvalue weighted by atomic mass is 16.4. The molecule has 1 aromatic rings. The molecule has 1 rings (SSSR count). The van der Waals surface area contributed by atoms with Crippen LogP contribution in [0, 0.1) is 0 Å². The highest BCUT2D eigenvalue weighted by molar-refractivity contribution is 5.84. The molecule has 1 aromatic heterocycles. The third-order valence-corrected chi connectivity index (χ3v) is 1.45. The molecule has 0 bridgehead atoms. The Bertz CT molecular complexity index is 310. The summed E-state index contributed by atoms with van der Waals surface area (Å²) >= 11 is 0. The van der Waals surface area contributed by atoms with Crippen LogP contribution in [0.2, 0.25) is 0 Å². The molecule has 6 nitrogen and oxygen atoms in total. The number of aliphatic hydroxyl groups excluding tert-OH is 1. The number of hydrogen-bond acceptors (Lipinski definition) is 5. The molecule has 1 unspecified atom stereocenters. The van der Waals surface area contributed by atoms with Gasteiger partial charge in [0, 0.05) is 6.54 Å². The maximum Gasteiger partial charge on any atom is 0.356 e. The van der Waals surface area contributed by atoms with Crippen LogP contribution in [-0.4, -0.2) is 38.8 Å². The Kier molecular flexibility index (Phi) is 3.35. The van der Waals surface area contributed by atoms with E-state index in [0.29, 0.717) is 12.4 Å². The first-order valence-corrected chi connectivity index (χ1v) is 4.07. The molecule has 0 aliphatic heterocycles. The van der Waals surface area contributed by atoms with E-state index < -0.39 is 12.1 Å². The lowest BCUT2D eigenvalue weighted by Crippen LogP contribution is -2.16. The molecule has 0 spiro atoms. The Labute approximate surface area is 80.6 Å². The maximum atomic E-state index is 10.4. The van der Waals surface area contributed by atoms with Crippen LogP contribution >= 0.6 is 0 Å². The first-order valence-electron chi connectivity index (χ1n) is 4.07. The van der Waals surface area contributed by atoms with Gasteiger partial charge in [-0.05, 0) is 6.92 Å². The molecule has 0 aliphatic carbocycles. The van der Waals surface area contributed by atoms with Crippen LogP contribution in [-0.2, 0) is 0 Å². The summed E-state index contributed by atoms with van der Waals surface area (Å²) in [4.78, 5) is 17.9. The van der Waals surface area contributed by atoms with Crippen molar-refractivity contribution < 1.29 is 15.0 Å². The summed E-state index contributed by atoms with van der Waals surface area (Å²) in [7, 11) is 0. The molecule has 0 aliphatic rings. The summed E-state index contributed by atoms with van der Waals surface area (Å²) in [6, 6.07) is 0. The van der Waals surface area contributed by atoms with E-state index in [1.54, 1.807) is 6.92 Å². The maximum absolute atomic E-state index is 10.4. The van der Waals surface area contributed by atoms with Crippen LogP contribution in [0.5, 0.6) is 0 Å². The summed E-state index contributed by atoms with van der Waals surface area (Å²) in [5.41, 5.74) is -0.104. The van der Waals surface area contributed by atoms with Crippen LogP contribution in [0.3, 0.4) is 0 Å². The number of aromatic nitrogens is 2. The van der Waals surface area contributed by atoms with Crippen LogP contribution in [0.25, 0.3) is 0 Å². The van der Waals surface area contributed by atoms with Crippen molar-refractivity contribution in [3.63, 3.8) is 0 Å². The molecule has 0 radical (unpaired) electrons. The van der Waals surface area contributed by atoms with Gasteiger partial charge >= 0.3 is 5.97 Å². The molecular weight excluding hydrogens is 186 g/mol. The van der Waals surface area contributed by atoms with Gasteiger partial charge in [-0.15, -0.1) is 0 Å². The quantitative estimate of drug-likeness (QED) is 0.627. The second-order valence-corrected chi connectivity index (χ2v) is 2.82. The van der Waals surface area contributed by atoms with E-state index in [0.717, 1.165) is 6.20 Å². The number of anilines is 1. The molecule has 6 heteroatoms. The Hall–Kier alpha value is -1.69. The zero-order chi connectivity index (χ0) is 10.6. The van der Waals surface area contributed by atoms with Crippen LogP contribution in [0.4, 0.5) is 5.82 Å². The minimum absolute atomic E-state index is 0.104. The second kappa shape index (κ2) is 4.52. The van der Waals surface area contributed by atoms with E-state index in [-0.39, 0.29) is 5.69 Å². The number of carboxylic acids is 1. The molecule has 1 atom stereocenters. The molecule has 0 amide bonds. The van der Waals surface area contributed by atoms with Gasteiger partial charge in [0.25, 0.3) is 0 Å². The SMILES string of the molecule is CC(O)CNc1cnc(C(=O)O)cn1. The van der Waals surface area contributed by atoms with Gasteiger partial charge in [0.05, 0.1) is 18.5 Å². The molecule has 1 heterocycles. The summed E-state index contributed by atoms with van der Waals surface area (Å²) in [5.74, 6) is -0.671. The van der Waals surface area contributed by atoms with Crippen molar-refractivity contribution in [1.82, 2.24) is 9.97 Å². The topological polar surface area (TPSA) is 95.3 Å². The van der Waals surface area contributed by atoms with Crippen molar-refractivity contribution in [3.05, 3.63) is 18.1 Å². The molecule has 0 saturated carbocycles. The number of carboxylic acid groups (broad SMARTS) is 1. The van der Waals surface area contributed by atoms with E-state index in [4.69, 9.17) is 10.2 Å². The van der Waals surface area contributed by atoms with Gasteiger partial charge in [-0.1, -0.05) is 0 Å². The van der Waals surface area contributed by atoms with Crippen molar-refractivity contribution in [3.8, 4) is 0 Å². The number of rotatable bonds is 4. The third kappa shape index (κ3) is 2.98. The van der Waals surface area contributed by atoms with Crippen molar-refractivity contribution >= 4 is 11.8 Å². The third-order valence-electron chi connectivity index (χ3n) is 1.45. The van der Waals surface area contributed by atoms with Gasteiger partial charge in [0.15, 0.2) is 5.69 Å². The Morgan fingerprint density at radius 3 is 2.71 bits per heavy atom. The number of carbonyl (C=O) groups is 1. The summed E-state index contributed by atoms with van der Waals surface area (Å²) < 4.78 is 0. The normalized spacial score (nSPS) is 12.1. The molecule has 14 heavy (non-hydrogen) atoms. The number of aromatic carboxylic acids is 1. The minimum atomic E-state index is -1.11. The van der Waals surface area contributed by atoms with Gasteiger partial charge in [0.2, 0.25) is 0 Å². The predicted octanol–water partition coefficient (Wildman–Crippen LogP) is -0.0325. The van der Waals surface area contributed by atoms with Crippen molar-refractivity contribution in [1.29, 1.82) is 0 Å². The Balaban J connectivity index is 2.60. The largest absolute Gasteiger partial charge is 0.476 e. The molecule has 76 valence electrons. The second-order valence-electron chi connectivity index (χ2n) is 2.82. The number of hydrogen-bond donors (Lipinski definition) is 3. The molecule has 0 saturated heterocycles. The zero-order valence-electron chi connectivity index (χ0n) is 7.64. The van der Waals surface area contributed by atoms with Gasteiger partial charge in [-0.25, -0.2) is 14.8 Å². The Morgan fingerprint density at radius 1 is 1.57 bits per heavy atom. The molecule has 3 N–H and O–H groups in total. The minimum Gasteiger partial charge on any atom is -0.476 e. The summed E-state index contributed by atoms with van der Waals surface area (Å²) in [5, 5.41) is 20.3. The fourth-order valence-corrected chi connectivity index (χ4v) is 0.782. The lowest BCUT2D eigenvalue weighted by Gasteiger charge is -2.06. The molecule has 0 fully saturated rings. The lowest BCUT2D eigenvalue weighted by atomic mass is 10.4. The van der Waals surface area contributed by atoms with Crippen molar-refractivity contribution in [2.24, 2.45) is 0 Å². The summed E-state index contributed by atoms with van der Waals surface area (Å²) in [6.45, 7) is 1.98. The number of aliphatic hydroxyl groups is 1. The Morgan fingerprint density at radius 2 is 2.29 bits per heavy atom. The van der Waals surface area contributed by atoms with Crippen LogP contribution in [0.1, 0.15) is 17.4 Å². The lowest BCUT2D eigenvalue weighted by molar-refractivity contribution is 0.0690. The fourth-order valence-electron chi connectivity index (χ4n) is 0.782. The van der Waals surface area contributed by atoms with Crippen LogP contribution in [0.15, 0.2) is 12.4 Å². The first-order chi connectivity index (χ1) is 6.59. The van der Waals surface area contributed by atoms with Crippen molar-refractivity contribution in [2.45, 2.75) is 13.0 Å². The van der Waals surface area contributed by atoms with Gasteiger partial charge < -0.3 is 15.5 Å². The van der Waals surface area contributed by atoms with E-state index >= 15 is 0 Å². The fraction of sp³-hybridized carbons (Fsp3) is 0.375. The molecular formula is C8H11N3O3. The van der Waals surface area contributed by atoms with Crippen LogP contribution < -0.4 is 5.32 Å². The first kappa shape index (κ1) is 10.4. The van der Waals surface area contributed by atoms with Gasteiger partial charge in [-0.2, -0.15) is 0 Å². The highest BCUT2D eigenvalue weighted by Crippen LogP contribution is 2.00. The average molecular weight is 197 g/mol. The van der Waals surface area contributed by atoms with E-state index in [2.05, 4.69) is 15.3 Å². The smallest absolute Gasteiger partial charge is 0.356 e. The summed E-state index contributed by atoms with van der Waals surface area (Å²) in [6.07, 6.45) is 1.98. The monoisotopic (exact) mass is 197 g/mol. The van der Waals surface area contributed by atoms with E-state index in [1.807, 2.05) is 0 Å². The number of nitrogens with one attached hydrogen (secondary N) is 1. The zero-order valence-corrected chi connectivity index (χ0v) is 7.64. The van der Waals surface area contributed by atoms with E-state index in [1.165, 1.54) is 6.20 Å². The number of nitrogens with zero attached hydrogens (tertiary/aromatic N) is 2.